The molecule has 0 aromatic carbocycles. The number of hydrogen-bond acceptors (Lipinski definition) is 4. The summed E-state index contributed by atoms with van der Waals surface area (Å²) in [6.45, 7) is 7.93. The zero-order valence-electron chi connectivity index (χ0n) is 11.2. The summed E-state index contributed by atoms with van der Waals surface area (Å²) in [5.41, 5.74) is 1.53. The van der Waals surface area contributed by atoms with Crippen molar-refractivity contribution < 1.29 is 9.53 Å². The summed E-state index contributed by atoms with van der Waals surface area (Å²) < 4.78 is 5.60. The van der Waals surface area contributed by atoms with Crippen LogP contribution < -0.4 is 5.32 Å². The molecule has 0 aliphatic rings. The molecule has 0 unspecified atom stereocenters. The lowest BCUT2D eigenvalue weighted by molar-refractivity contribution is 0.0528. The summed E-state index contributed by atoms with van der Waals surface area (Å²) in [7, 11) is 0. The molecule has 1 rings (SSSR count). The topological polar surface area (TPSA) is 67.0 Å². The molecule has 1 aromatic rings. The zero-order valence-corrected chi connectivity index (χ0v) is 12.0. The Morgan fingerprint density at radius 2 is 2.22 bits per heavy atom. The maximum absolute atomic E-state index is 11.4. The first-order valence-corrected chi connectivity index (χ1v) is 6.20. The van der Waals surface area contributed by atoms with Gasteiger partial charge in [0.1, 0.15) is 5.60 Å². The Morgan fingerprint density at radius 3 is 2.78 bits per heavy atom. The molecule has 1 amide bonds. The SMILES string of the molecule is Cc1[nH]c(=S)ncc1CCNC(=O)OC(C)(C)C. The van der Waals surface area contributed by atoms with Crippen LogP contribution >= 0.6 is 12.2 Å². The molecule has 0 saturated heterocycles. The number of aromatic amines is 1. The molecule has 0 aliphatic carbocycles. The molecule has 18 heavy (non-hydrogen) atoms. The molecule has 0 atom stereocenters. The van der Waals surface area contributed by atoms with Crippen molar-refractivity contribution in [2.45, 2.75) is 39.7 Å². The third-order valence-electron chi connectivity index (χ3n) is 2.18. The van der Waals surface area contributed by atoms with E-state index in [1.54, 1.807) is 6.20 Å². The smallest absolute Gasteiger partial charge is 0.407 e. The number of carbonyl (C=O) groups is 1. The Balaban J connectivity index is 2.42. The molecule has 0 radical (unpaired) electrons. The minimum atomic E-state index is -0.473. The second kappa shape index (κ2) is 5.95. The minimum absolute atomic E-state index is 0.406. The number of nitrogens with one attached hydrogen (secondary N) is 2. The molecule has 0 fully saturated rings. The first-order chi connectivity index (χ1) is 8.28. The van der Waals surface area contributed by atoms with Gasteiger partial charge < -0.3 is 15.0 Å². The normalized spacial score (nSPS) is 11.1. The predicted molar refractivity (Wildman–Crippen MR) is 72.1 cm³/mol. The predicted octanol–water partition coefficient (Wildman–Crippen LogP) is 2.51. The Labute approximate surface area is 112 Å². The van der Waals surface area contributed by atoms with Crippen LogP contribution in [0.3, 0.4) is 0 Å². The van der Waals surface area contributed by atoms with Crippen LogP contribution in [0.1, 0.15) is 32.0 Å². The molecule has 5 nitrogen and oxygen atoms in total. The van der Waals surface area contributed by atoms with Crippen molar-refractivity contribution in [3.05, 3.63) is 22.2 Å². The fourth-order valence-corrected chi connectivity index (χ4v) is 1.58. The Kier molecular flexibility index (Phi) is 4.84. The number of nitrogens with zero attached hydrogens (tertiary/aromatic N) is 1. The van der Waals surface area contributed by atoms with Crippen molar-refractivity contribution in [1.82, 2.24) is 15.3 Å². The molecular formula is C12H19N3O2S. The van der Waals surface area contributed by atoms with E-state index in [0.29, 0.717) is 17.7 Å². The molecule has 0 aliphatic heterocycles. The average molecular weight is 269 g/mol. The van der Waals surface area contributed by atoms with Crippen LogP contribution in [0.5, 0.6) is 0 Å². The van der Waals surface area contributed by atoms with Crippen LogP contribution in [0.15, 0.2) is 6.20 Å². The van der Waals surface area contributed by atoms with Crippen molar-refractivity contribution in [3.8, 4) is 0 Å². The number of carbonyl (C=O) groups excluding carboxylic acids is 1. The first-order valence-electron chi connectivity index (χ1n) is 5.79. The van der Waals surface area contributed by atoms with Gasteiger partial charge in [-0.2, -0.15) is 0 Å². The van der Waals surface area contributed by atoms with Crippen molar-refractivity contribution in [3.63, 3.8) is 0 Å². The molecule has 0 bridgehead atoms. The number of alkyl carbamates (subject to hydrolysis) is 1. The van der Waals surface area contributed by atoms with E-state index in [4.69, 9.17) is 17.0 Å². The standard InChI is InChI=1S/C12H19N3O2S/c1-8-9(7-14-10(18)15-8)5-6-13-11(16)17-12(2,3)4/h7H,5-6H2,1-4H3,(H,13,16)(H,14,15,18). The molecule has 0 saturated carbocycles. The highest BCUT2D eigenvalue weighted by Crippen LogP contribution is 2.07. The Bertz CT molecular complexity index is 477. The average Bonchev–Trinajstić information content (AvgIpc) is 2.18. The summed E-state index contributed by atoms with van der Waals surface area (Å²) in [4.78, 5) is 18.4. The van der Waals surface area contributed by atoms with Crippen LogP contribution in [-0.2, 0) is 11.2 Å². The van der Waals surface area contributed by atoms with Gasteiger partial charge in [0.15, 0.2) is 4.77 Å². The van der Waals surface area contributed by atoms with Crippen molar-refractivity contribution >= 4 is 18.3 Å². The van der Waals surface area contributed by atoms with Gasteiger partial charge in [-0.1, -0.05) is 0 Å². The third-order valence-corrected chi connectivity index (χ3v) is 2.38. The van der Waals surface area contributed by atoms with Crippen LogP contribution in [-0.4, -0.2) is 28.2 Å². The van der Waals surface area contributed by atoms with Gasteiger partial charge >= 0.3 is 6.09 Å². The second-order valence-corrected chi connectivity index (χ2v) is 5.40. The van der Waals surface area contributed by atoms with Gasteiger partial charge in [-0.05, 0) is 51.9 Å². The van der Waals surface area contributed by atoms with Gasteiger partial charge in [-0.3, -0.25) is 0 Å². The van der Waals surface area contributed by atoms with Gasteiger partial charge in [0.25, 0.3) is 0 Å². The number of ether oxygens (including phenoxy) is 1. The second-order valence-electron chi connectivity index (χ2n) is 5.02. The monoisotopic (exact) mass is 269 g/mol. The van der Waals surface area contributed by atoms with Gasteiger partial charge in [0.2, 0.25) is 0 Å². The molecule has 0 spiro atoms. The first kappa shape index (κ1) is 14.6. The summed E-state index contributed by atoms with van der Waals surface area (Å²) in [5.74, 6) is 0. The molecular weight excluding hydrogens is 250 g/mol. The quantitative estimate of drug-likeness (QED) is 0.827. The third kappa shape index (κ3) is 5.27. The number of aromatic nitrogens is 2. The largest absolute Gasteiger partial charge is 0.444 e. The Morgan fingerprint density at radius 1 is 1.56 bits per heavy atom. The maximum atomic E-state index is 11.4. The Hall–Kier alpha value is -1.43. The lowest BCUT2D eigenvalue weighted by Gasteiger charge is -2.19. The van der Waals surface area contributed by atoms with Crippen molar-refractivity contribution in [1.29, 1.82) is 0 Å². The van der Waals surface area contributed by atoms with E-state index in [-0.39, 0.29) is 0 Å². The summed E-state index contributed by atoms with van der Waals surface area (Å²) in [6, 6.07) is 0. The van der Waals surface area contributed by atoms with E-state index in [2.05, 4.69) is 15.3 Å². The molecule has 6 heteroatoms. The minimum Gasteiger partial charge on any atom is -0.444 e. The number of amides is 1. The number of H-pyrrole nitrogens is 1. The maximum Gasteiger partial charge on any atom is 0.407 e. The molecule has 100 valence electrons. The summed E-state index contributed by atoms with van der Waals surface area (Å²) >= 11 is 4.92. The summed E-state index contributed by atoms with van der Waals surface area (Å²) in [5, 5.41) is 2.70. The fraction of sp³-hybridized carbons (Fsp3) is 0.583. The number of hydrogen-bond donors (Lipinski definition) is 2. The van der Waals surface area contributed by atoms with E-state index >= 15 is 0 Å². The lowest BCUT2D eigenvalue weighted by atomic mass is 10.2. The van der Waals surface area contributed by atoms with Crippen molar-refractivity contribution in [2.24, 2.45) is 0 Å². The van der Waals surface area contributed by atoms with E-state index < -0.39 is 11.7 Å². The number of rotatable bonds is 3. The number of aryl methyl sites for hydroxylation is 1. The van der Waals surface area contributed by atoms with E-state index in [1.165, 1.54) is 0 Å². The molecule has 1 aromatic heterocycles. The van der Waals surface area contributed by atoms with Gasteiger partial charge in [-0.25, -0.2) is 9.78 Å². The summed E-state index contributed by atoms with van der Waals surface area (Å²) in [6.07, 6.45) is 2.01. The van der Waals surface area contributed by atoms with Crippen LogP contribution in [0, 0.1) is 11.7 Å². The highest BCUT2D eigenvalue weighted by Gasteiger charge is 2.15. The fourth-order valence-electron chi connectivity index (χ4n) is 1.37. The van der Waals surface area contributed by atoms with E-state index in [1.807, 2.05) is 27.7 Å². The van der Waals surface area contributed by atoms with Gasteiger partial charge in [0.05, 0.1) is 0 Å². The van der Waals surface area contributed by atoms with Gasteiger partial charge in [0, 0.05) is 18.4 Å². The molecule has 1 heterocycles. The highest BCUT2D eigenvalue weighted by atomic mass is 32.1. The van der Waals surface area contributed by atoms with Crippen LogP contribution in [0.25, 0.3) is 0 Å². The van der Waals surface area contributed by atoms with Crippen molar-refractivity contribution in [2.75, 3.05) is 6.54 Å². The highest BCUT2D eigenvalue weighted by molar-refractivity contribution is 7.71. The molecule has 2 N–H and O–H groups in total. The zero-order chi connectivity index (χ0) is 13.8. The van der Waals surface area contributed by atoms with Crippen LogP contribution in [0.4, 0.5) is 4.79 Å². The van der Waals surface area contributed by atoms with E-state index in [0.717, 1.165) is 11.3 Å². The van der Waals surface area contributed by atoms with Gasteiger partial charge in [-0.15, -0.1) is 0 Å². The lowest BCUT2D eigenvalue weighted by Crippen LogP contribution is -2.33. The van der Waals surface area contributed by atoms with Crippen LogP contribution in [0.2, 0.25) is 0 Å². The van der Waals surface area contributed by atoms with E-state index in [9.17, 15) is 4.79 Å².